The number of nitrogens with one attached hydrogen (secondary N) is 1. The van der Waals surface area contributed by atoms with Crippen molar-refractivity contribution in [3.63, 3.8) is 0 Å². The van der Waals surface area contributed by atoms with E-state index in [1.54, 1.807) is 0 Å². The van der Waals surface area contributed by atoms with Crippen LogP contribution in [0.5, 0.6) is 0 Å². The topological polar surface area (TPSA) is 49.3 Å². The second-order valence-electron chi connectivity index (χ2n) is 5.27. The highest BCUT2D eigenvalue weighted by molar-refractivity contribution is 5.97. The second kappa shape index (κ2) is 7.29. The van der Waals surface area contributed by atoms with Crippen molar-refractivity contribution in [2.45, 2.75) is 40.5 Å². The minimum atomic E-state index is -0.00797. The normalized spacial score (nSPS) is 12.3. The molecule has 3 heteroatoms. The van der Waals surface area contributed by atoms with Crippen molar-refractivity contribution in [1.82, 2.24) is 5.32 Å². The minimum absolute atomic E-state index is 0.00797. The highest BCUT2D eigenvalue weighted by Crippen LogP contribution is 2.16. The number of aliphatic hydroxyl groups excluding tert-OH is 1. The predicted octanol–water partition coefficient (Wildman–Crippen LogP) is 2.75. The lowest BCUT2D eigenvalue weighted by Crippen LogP contribution is -2.30. The number of hydrogen-bond acceptors (Lipinski definition) is 2. The van der Waals surface area contributed by atoms with Crippen LogP contribution in [-0.2, 0) is 0 Å². The van der Waals surface area contributed by atoms with Gasteiger partial charge in [-0.05, 0) is 44.2 Å². The maximum Gasteiger partial charge on any atom is 0.251 e. The van der Waals surface area contributed by atoms with Crippen LogP contribution in [0.15, 0.2) is 12.1 Å². The fourth-order valence-electron chi connectivity index (χ4n) is 2.50. The van der Waals surface area contributed by atoms with Crippen LogP contribution in [0.4, 0.5) is 0 Å². The standard InChI is InChI=1S/C16H25NO2/c1-5-14(6-7-18)10-17-16(19)15-12(3)8-11(2)9-13(15)4/h8-9,14,18H,5-7,10H2,1-4H3,(H,17,19). The summed E-state index contributed by atoms with van der Waals surface area (Å²) in [5, 5.41) is 11.9. The van der Waals surface area contributed by atoms with Gasteiger partial charge in [0, 0.05) is 18.7 Å². The van der Waals surface area contributed by atoms with Crippen molar-refractivity contribution in [2.24, 2.45) is 5.92 Å². The van der Waals surface area contributed by atoms with Crippen LogP contribution < -0.4 is 5.32 Å². The highest BCUT2D eigenvalue weighted by Gasteiger charge is 2.14. The maximum atomic E-state index is 12.2. The van der Waals surface area contributed by atoms with Gasteiger partial charge in [-0.2, -0.15) is 0 Å². The van der Waals surface area contributed by atoms with E-state index in [1.807, 2.05) is 32.9 Å². The maximum absolute atomic E-state index is 12.2. The summed E-state index contributed by atoms with van der Waals surface area (Å²) in [7, 11) is 0. The van der Waals surface area contributed by atoms with Gasteiger partial charge in [0.25, 0.3) is 5.91 Å². The lowest BCUT2D eigenvalue weighted by Gasteiger charge is -2.16. The first kappa shape index (κ1) is 15.7. The second-order valence-corrected chi connectivity index (χ2v) is 5.27. The number of amides is 1. The molecule has 0 spiro atoms. The lowest BCUT2D eigenvalue weighted by atomic mass is 9.98. The fraction of sp³-hybridized carbons (Fsp3) is 0.562. The van der Waals surface area contributed by atoms with E-state index in [0.717, 1.165) is 29.5 Å². The van der Waals surface area contributed by atoms with Gasteiger partial charge in [-0.15, -0.1) is 0 Å². The Morgan fingerprint density at radius 2 is 1.84 bits per heavy atom. The molecule has 106 valence electrons. The van der Waals surface area contributed by atoms with Crippen LogP contribution in [0.1, 0.15) is 46.8 Å². The van der Waals surface area contributed by atoms with Crippen molar-refractivity contribution in [3.8, 4) is 0 Å². The molecule has 1 amide bonds. The molecular weight excluding hydrogens is 238 g/mol. The Kier molecular flexibility index (Phi) is 6.03. The van der Waals surface area contributed by atoms with Crippen molar-refractivity contribution in [1.29, 1.82) is 0 Å². The van der Waals surface area contributed by atoms with E-state index in [-0.39, 0.29) is 12.5 Å². The number of aliphatic hydroxyl groups is 1. The molecular formula is C16H25NO2. The molecule has 0 bridgehead atoms. The van der Waals surface area contributed by atoms with Gasteiger partial charge >= 0.3 is 0 Å². The molecule has 0 aromatic heterocycles. The average molecular weight is 263 g/mol. The molecule has 0 aliphatic heterocycles. The quantitative estimate of drug-likeness (QED) is 0.829. The van der Waals surface area contributed by atoms with Crippen LogP contribution in [0.3, 0.4) is 0 Å². The zero-order valence-corrected chi connectivity index (χ0v) is 12.4. The van der Waals surface area contributed by atoms with Crippen LogP contribution in [0.2, 0.25) is 0 Å². The number of hydrogen-bond donors (Lipinski definition) is 2. The smallest absolute Gasteiger partial charge is 0.251 e. The van der Waals surface area contributed by atoms with Gasteiger partial charge in [0.2, 0.25) is 0 Å². The third-order valence-corrected chi connectivity index (χ3v) is 3.57. The molecule has 1 aromatic rings. The average Bonchev–Trinajstić information content (AvgIpc) is 2.33. The summed E-state index contributed by atoms with van der Waals surface area (Å²) in [6.45, 7) is 8.87. The fourth-order valence-corrected chi connectivity index (χ4v) is 2.50. The third kappa shape index (κ3) is 4.35. The Morgan fingerprint density at radius 1 is 1.26 bits per heavy atom. The van der Waals surface area contributed by atoms with Gasteiger partial charge in [0.1, 0.15) is 0 Å². The molecule has 0 aliphatic carbocycles. The zero-order valence-electron chi connectivity index (χ0n) is 12.4. The Labute approximate surface area is 116 Å². The van der Waals surface area contributed by atoms with Crippen LogP contribution >= 0.6 is 0 Å². The van der Waals surface area contributed by atoms with Gasteiger partial charge in [-0.1, -0.05) is 31.0 Å². The van der Waals surface area contributed by atoms with Crippen LogP contribution in [0.25, 0.3) is 0 Å². The molecule has 19 heavy (non-hydrogen) atoms. The van der Waals surface area contributed by atoms with E-state index in [2.05, 4.69) is 12.2 Å². The SMILES string of the molecule is CCC(CCO)CNC(=O)c1c(C)cc(C)cc1C. The first-order valence-electron chi connectivity index (χ1n) is 6.96. The summed E-state index contributed by atoms with van der Waals surface area (Å²) in [5.41, 5.74) is 4.00. The largest absolute Gasteiger partial charge is 0.396 e. The predicted molar refractivity (Wildman–Crippen MR) is 78.5 cm³/mol. The van der Waals surface area contributed by atoms with E-state index in [0.29, 0.717) is 12.5 Å². The summed E-state index contributed by atoms with van der Waals surface area (Å²) < 4.78 is 0. The number of benzene rings is 1. The lowest BCUT2D eigenvalue weighted by molar-refractivity contribution is 0.0942. The van der Waals surface area contributed by atoms with Crippen LogP contribution in [0, 0.1) is 26.7 Å². The molecule has 2 N–H and O–H groups in total. The minimum Gasteiger partial charge on any atom is -0.396 e. The molecule has 0 heterocycles. The molecule has 1 atom stereocenters. The van der Waals surface area contributed by atoms with Gasteiger partial charge in [0.05, 0.1) is 0 Å². The van der Waals surface area contributed by atoms with E-state index in [1.165, 1.54) is 5.56 Å². The summed E-state index contributed by atoms with van der Waals surface area (Å²) in [6.07, 6.45) is 1.70. The van der Waals surface area contributed by atoms with E-state index in [4.69, 9.17) is 5.11 Å². The summed E-state index contributed by atoms with van der Waals surface area (Å²) in [6, 6.07) is 4.07. The summed E-state index contributed by atoms with van der Waals surface area (Å²) in [4.78, 5) is 12.2. The van der Waals surface area contributed by atoms with E-state index in [9.17, 15) is 4.79 Å². The Hall–Kier alpha value is -1.35. The molecule has 0 fully saturated rings. The number of aryl methyl sites for hydroxylation is 3. The molecule has 1 unspecified atom stereocenters. The number of carbonyl (C=O) groups excluding carboxylic acids is 1. The van der Waals surface area contributed by atoms with Crippen LogP contribution in [-0.4, -0.2) is 24.2 Å². The zero-order chi connectivity index (χ0) is 14.4. The van der Waals surface area contributed by atoms with Crippen molar-refractivity contribution in [2.75, 3.05) is 13.2 Å². The number of rotatable bonds is 6. The van der Waals surface area contributed by atoms with Gasteiger partial charge in [-0.3, -0.25) is 4.79 Å². The van der Waals surface area contributed by atoms with Gasteiger partial charge in [-0.25, -0.2) is 0 Å². The van der Waals surface area contributed by atoms with Crippen molar-refractivity contribution < 1.29 is 9.90 Å². The molecule has 0 radical (unpaired) electrons. The Morgan fingerprint density at radius 3 is 2.32 bits per heavy atom. The molecule has 1 aromatic carbocycles. The first-order valence-corrected chi connectivity index (χ1v) is 6.96. The monoisotopic (exact) mass is 263 g/mol. The van der Waals surface area contributed by atoms with Crippen molar-refractivity contribution >= 4 is 5.91 Å². The molecule has 1 rings (SSSR count). The molecule has 3 nitrogen and oxygen atoms in total. The number of carbonyl (C=O) groups is 1. The Balaban J connectivity index is 2.73. The van der Waals surface area contributed by atoms with E-state index >= 15 is 0 Å². The van der Waals surface area contributed by atoms with Gasteiger partial charge in [0.15, 0.2) is 0 Å². The highest BCUT2D eigenvalue weighted by atomic mass is 16.3. The Bertz CT molecular complexity index is 417. The van der Waals surface area contributed by atoms with Gasteiger partial charge < -0.3 is 10.4 Å². The molecule has 0 saturated heterocycles. The molecule has 0 aliphatic rings. The summed E-state index contributed by atoms with van der Waals surface area (Å²) in [5.74, 6) is 0.339. The third-order valence-electron chi connectivity index (χ3n) is 3.57. The van der Waals surface area contributed by atoms with Crippen molar-refractivity contribution in [3.05, 3.63) is 34.4 Å². The molecule has 0 saturated carbocycles. The first-order chi connectivity index (χ1) is 8.99. The van der Waals surface area contributed by atoms with E-state index < -0.39 is 0 Å². The summed E-state index contributed by atoms with van der Waals surface area (Å²) >= 11 is 0.